The van der Waals surface area contributed by atoms with Crippen LogP contribution in [0.3, 0.4) is 0 Å². The minimum atomic E-state index is -4.43. The first-order valence-electron chi connectivity index (χ1n) is 7.76. The Labute approximate surface area is 148 Å². The lowest BCUT2D eigenvalue weighted by Crippen LogP contribution is -2.20. The third-order valence-electron chi connectivity index (χ3n) is 3.81. The molecule has 2 nitrogen and oxygen atoms in total. The van der Waals surface area contributed by atoms with Gasteiger partial charge < -0.3 is 4.74 Å². The highest BCUT2D eigenvalue weighted by atomic mass is 35.5. The molecule has 0 saturated heterocycles. The van der Waals surface area contributed by atoms with Gasteiger partial charge in [0.2, 0.25) is 5.88 Å². The summed E-state index contributed by atoms with van der Waals surface area (Å²) in [5.41, 5.74) is 2.34. The van der Waals surface area contributed by atoms with E-state index in [2.05, 4.69) is 4.98 Å². The van der Waals surface area contributed by atoms with E-state index >= 15 is 0 Å². The van der Waals surface area contributed by atoms with Crippen molar-refractivity contribution in [2.75, 3.05) is 6.61 Å². The number of nitrogens with zero attached hydrogens (tertiary/aromatic N) is 1. The summed E-state index contributed by atoms with van der Waals surface area (Å²) < 4.78 is 42.8. The first kappa shape index (κ1) is 17.5. The zero-order chi connectivity index (χ0) is 18.0. The van der Waals surface area contributed by atoms with Gasteiger partial charge in [-0.25, -0.2) is 4.98 Å². The molecule has 0 aliphatic heterocycles. The number of hydrogen-bond acceptors (Lipinski definition) is 2. The van der Waals surface area contributed by atoms with Crippen LogP contribution in [-0.4, -0.2) is 17.8 Å². The largest absolute Gasteiger partial charge is 0.468 e. The second-order valence-electron chi connectivity index (χ2n) is 5.56. The summed E-state index contributed by atoms with van der Waals surface area (Å²) in [7, 11) is 0. The molecule has 0 aliphatic carbocycles. The van der Waals surface area contributed by atoms with Crippen LogP contribution < -0.4 is 4.74 Å². The van der Waals surface area contributed by atoms with Crippen molar-refractivity contribution < 1.29 is 17.9 Å². The molecule has 0 N–H and O–H groups in total. The van der Waals surface area contributed by atoms with E-state index in [1.807, 2.05) is 37.3 Å². The van der Waals surface area contributed by atoms with E-state index in [1.165, 1.54) is 0 Å². The molecule has 0 aliphatic rings. The molecule has 0 unspecified atom stereocenters. The van der Waals surface area contributed by atoms with Crippen molar-refractivity contribution in [3.05, 3.63) is 59.1 Å². The monoisotopic (exact) mass is 365 g/mol. The molecule has 25 heavy (non-hydrogen) atoms. The van der Waals surface area contributed by atoms with E-state index in [9.17, 15) is 13.2 Å². The van der Waals surface area contributed by atoms with Crippen molar-refractivity contribution >= 4 is 22.4 Å². The lowest BCUT2D eigenvalue weighted by molar-refractivity contribution is -0.153. The standard InChI is InChI=1S/C19H15ClF3NO/c1-2-14-16-10-13(20)8-9-15(16)18(25-11-19(21,22)23)24-17(14)12-6-4-3-5-7-12/h3-10H,2,11H2,1H3. The molecule has 3 rings (SSSR count). The van der Waals surface area contributed by atoms with Crippen molar-refractivity contribution in [1.29, 1.82) is 0 Å². The summed E-state index contributed by atoms with van der Waals surface area (Å²) in [6, 6.07) is 14.3. The van der Waals surface area contributed by atoms with Gasteiger partial charge in [0.15, 0.2) is 6.61 Å². The summed E-state index contributed by atoms with van der Waals surface area (Å²) in [5, 5.41) is 1.78. The zero-order valence-corrected chi connectivity index (χ0v) is 14.2. The highest BCUT2D eigenvalue weighted by Gasteiger charge is 2.29. The van der Waals surface area contributed by atoms with Gasteiger partial charge >= 0.3 is 6.18 Å². The van der Waals surface area contributed by atoms with E-state index < -0.39 is 12.8 Å². The van der Waals surface area contributed by atoms with Gasteiger partial charge in [0, 0.05) is 16.0 Å². The summed E-state index contributed by atoms with van der Waals surface area (Å²) in [4.78, 5) is 4.41. The maximum atomic E-state index is 12.6. The molecule has 1 aromatic heterocycles. The third-order valence-corrected chi connectivity index (χ3v) is 4.04. The van der Waals surface area contributed by atoms with Crippen molar-refractivity contribution in [2.24, 2.45) is 0 Å². The van der Waals surface area contributed by atoms with Crippen LogP contribution in [0, 0.1) is 0 Å². The summed E-state index contributed by atoms with van der Waals surface area (Å²) >= 11 is 6.11. The highest BCUT2D eigenvalue weighted by molar-refractivity contribution is 6.31. The van der Waals surface area contributed by atoms with Gasteiger partial charge in [-0.2, -0.15) is 13.2 Å². The van der Waals surface area contributed by atoms with Crippen LogP contribution in [0.15, 0.2) is 48.5 Å². The van der Waals surface area contributed by atoms with Crippen molar-refractivity contribution in [3.8, 4) is 17.1 Å². The van der Waals surface area contributed by atoms with Gasteiger partial charge in [-0.15, -0.1) is 0 Å². The van der Waals surface area contributed by atoms with E-state index in [4.69, 9.17) is 16.3 Å². The Balaban J connectivity index is 2.24. The zero-order valence-electron chi connectivity index (χ0n) is 13.4. The van der Waals surface area contributed by atoms with Crippen LogP contribution in [0.5, 0.6) is 5.88 Å². The minimum Gasteiger partial charge on any atom is -0.468 e. The molecule has 3 aromatic rings. The molecule has 2 aromatic carbocycles. The maximum Gasteiger partial charge on any atom is 0.422 e. The SMILES string of the molecule is CCc1c(-c2ccccc2)nc(OCC(F)(F)F)c2ccc(Cl)cc12. The van der Waals surface area contributed by atoms with Gasteiger partial charge in [-0.05, 0) is 35.6 Å². The Hall–Kier alpha value is -2.27. The first-order valence-corrected chi connectivity index (χ1v) is 8.14. The van der Waals surface area contributed by atoms with Crippen molar-refractivity contribution in [2.45, 2.75) is 19.5 Å². The Morgan fingerprint density at radius 1 is 1.04 bits per heavy atom. The van der Waals surface area contributed by atoms with Gasteiger partial charge in [-0.3, -0.25) is 0 Å². The van der Waals surface area contributed by atoms with Gasteiger partial charge in [0.25, 0.3) is 0 Å². The lowest BCUT2D eigenvalue weighted by Gasteiger charge is -2.16. The third kappa shape index (κ3) is 3.87. The van der Waals surface area contributed by atoms with Crippen LogP contribution in [0.4, 0.5) is 13.2 Å². The molecular formula is C19H15ClF3NO. The molecule has 1 heterocycles. The Morgan fingerprint density at radius 3 is 2.40 bits per heavy atom. The molecule has 0 bridgehead atoms. The quantitative estimate of drug-likeness (QED) is 0.560. The van der Waals surface area contributed by atoms with Crippen LogP contribution >= 0.6 is 11.6 Å². The Bertz CT molecular complexity index is 895. The first-order chi connectivity index (χ1) is 11.9. The fourth-order valence-electron chi connectivity index (χ4n) is 2.76. The number of aromatic nitrogens is 1. The predicted molar refractivity (Wildman–Crippen MR) is 93.1 cm³/mol. The Kier molecular flexibility index (Phi) is 4.86. The molecule has 0 saturated carbocycles. The smallest absolute Gasteiger partial charge is 0.422 e. The number of benzene rings is 2. The van der Waals surface area contributed by atoms with Crippen molar-refractivity contribution in [3.63, 3.8) is 0 Å². The summed E-state index contributed by atoms with van der Waals surface area (Å²) in [5.74, 6) is -0.0416. The molecule has 130 valence electrons. The lowest BCUT2D eigenvalue weighted by atomic mass is 9.98. The summed E-state index contributed by atoms with van der Waals surface area (Å²) in [6.07, 6.45) is -3.77. The van der Waals surface area contributed by atoms with Gasteiger partial charge in [0.1, 0.15) is 0 Å². The topological polar surface area (TPSA) is 22.1 Å². The predicted octanol–water partition coefficient (Wildman–Crippen LogP) is 6.06. The molecule has 0 atom stereocenters. The normalized spacial score (nSPS) is 11.7. The molecule has 0 radical (unpaired) electrons. The Morgan fingerprint density at radius 2 is 1.76 bits per heavy atom. The number of alkyl halides is 3. The van der Waals surface area contributed by atoms with Crippen LogP contribution in [-0.2, 0) is 6.42 Å². The van der Waals surface area contributed by atoms with E-state index in [0.29, 0.717) is 22.5 Å². The average molecular weight is 366 g/mol. The number of ether oxygens (including phenoxy) is 1. The fourth-order valence-corrected chi connectivity index (χ4v) is 2.93. The van der Waals surface area contributed by atoms with E-state index in [-0.39, 0.29) is 5.88 Å². The number of fused-ring (bicyclic) bond motifs is 1. The number of aryl methyl sites for hydroxylation is 1. The second kappa shape index (κ2) is 6.92. The van der Waals surface area contributed by atoms with Gasteiger partial charge in [-0.1, -0.05) is 48.9 Å². The van der Waals surface area contributed by atoms with Gasteiger partial charge in [0.05, 0.1) is 5.69 Å². The minimum absolute atomic E-state index is 0.0416. The molecule has 0 fully saturated rings. The molecule has 0 spiro atoms. The number of hydrogen-bond donors (Lipinski definition) is 0. The van der Waals surface area contributed by atoms with Crippen LogP contribution in [0.2, 0.25) is 5.02 Å². The molecule has 0 amide bonds. The van der Waals surface area contributed by atoms with Crippen LogP contribution in [0.25, 0.3) is 22.0 Å². The van der Waals surface area contributed by atoms with E-state index in [0.717, 1.165) is 16.5 Å². The molecular weight excluding hydrogens is 351 g/mol. The average Bonchev–Trinajstić information content (AvgIpc) is 2.59. The highest BCUT2D eigenvalue weighted by Crippen LogP contribution is 2.36. The van der Waals surface area contributed by atoms with E-state index in [1.54, 1.807) is 18.2 Å². The van der Waals surface area contributed by atoms with Crippen LogP contribution in [0.1, 0.15) is 12.5 Å². The molecule has 6 heteroatoms. The number of pyridine rings is 1. The second-order valence-corrected chi connectivity index (χ2v) is 5.99. The number of rotatable bonds is 4. The maximum absolute atomic E-state index is 12.6. The fraction of sp³-hybridized carbons (Fsp3) is 0.211. The number of halogens is 4. The van der Waals surface area contributed by atoms with Crippen molar-refractivity contribution in [1.82, 2.24) is 4.98 Å². The summed E-state index contributed by atoms with van der Waals surface area (Å²) in [6.45, 7) is 0.581.